The summed E-state index contributed by atoms with van der Waals surface area (Å²) in [5, 5.41) is 21.3. The van der Waals surface area contributed by atoms with Crippen LogP contribution >= 0.6 is 0 Å². The Morgan fingerprint density at radius 1 is 1.31 bits per heavy atom. The molecule has 2 aliphatic heterocycles. The number of phenolic OH excluding ortho intramolecular Hbond substituents is 1. The van der Waals surface area contributed by atoms with Crippen LogP contribution in [0.3, 0.4) is 0 Å². The van der Waals surface area contributed by atoms with E-state index >= 15 is 0 Å². The first-order valence-corrected chi connectivity index (χ1v) is 8.97. The summed E-state index contributed by atoms with van der Waals surface area (Å²) in [4.78, 5) is 2.48. The second kappa shape index (κ2) is 6.57. The number of benzene rings is 1. The van der Waals surface area contributed by atoms with Gasteiger partial charge in [0.05, 0.1) is 5.71 Å². The van der Waals surface area contributed by atoms with Crippen molar-refractivity contribution < 1.29 is 5.11 Å². The van der Waals surface area contributed by atoms with Crippen molar-refractivity contribution in [3.63, 3.8) is 0 Å². The Morgan fingerprint density at radius 2 is 2.08 bits per heavy atom. The molecule has 0 atom stereocenters. The van der Waals surface area contributed by atoms with Gasteiger partial charge >= 0.3 is 0 Å². The van der Waals surface area contributed by atoms with Gasteiger partial charge in [-0.2, -0.15) is 10.2 Å². The zero-order valence-corrected chi connectivity index (χ0v) is 15.1. The van der Waals surface area contributed by atoms with E-state index in [1.807, 2.05) is 18.2 Å². The van der Waals surface area contributed by atoms with E-state index in [0.29, 0.717) is 16.7 Å². The van der Waals surface area contributed by atoms with Crippen LogP contribution in [0, 0.1) is 5.41 Å². The van der Waals surface area contributed by atoms with E-state index in [1.54, 1.807) is 12.1 Å². The maximum Gasteiger partial charge on any atom is 0.125 e. The molecule has 26 heavy (non-hydrogen) atoms. The molecule has 1 spiro atoms. The van der Waals surface area contributed by atoms with Crippen molar-refractivity contribution in [2.75, 3.05) is 26.2 Å². The van der Waals surface area contributed by atoms with Crippen molar-refractivity contribution in [2.45, 2.75) is 13.3 Å². The van der Waals surface area contributed by atoms with Gasteiger partial charge in [-0.25, -0.2) is 0 Å². The van der Waals surface area contributed by atoms with E-state index in [9.17, 15) is 5.11 Å². The highest BCUT2D eigenvalue weighted by Gasteiger charge is 2.48. The molecular weight excluding hydrogens is 324 g/mol. The number of hydrogen-bond donors (Lipinski definition) is 2. The molecule has 5 nitrogen and oxygen atoms in total. The van der Waals surface area contributed by atoms with Gasteiger partial charge in [-0.05, 0) is 42.7 Å². The number of hydrogen-bond acceptors (Lipinski definition) is 5. The zero-order chi connectivity index (χ0) is 18.1. The fourth-order valence-electron chi connectivity index (χ4n) is 4.00. The van der Waals surface area contributed by atoms with Crippen molar-refractivity contribution in [1.29, 1.82) is 0 Å². The van der Waals surface area contributed by atoms with Crippen LogP contribution in [-0.4, -0.2) is 48.6 Å². The summed E-state index contributed by atoms with van der Waals surface area (Å²) in [6.07, 6.45) is 7.33. The third-order valence-corrected chi connectivity index (χ3v) is 5.41. The second-order valence-electron chi connectivity index (χ2n) is 7.44. The van der Waals surface area contributed by atoms with E-state index < -0.39 is 0 Å². The topological polar surface area (TPSA) is 60.2 Å². The van der Waals surface area contributed by atoms with Crippen LogP contribution in [0.5, 0.6) is 5.75 Å². The molecule has 4 rings (SSSR count). The monoisotopic (exact) mass is 348 g/mol. The summed E-state index contributed by atoms with van der Waals surface area (Å²) in [6, 6.07) is 7.16. The first kappa shape index (κ1) is 16.8. The van der Waals surface area contributed by atoms with Crippen LogP contribution in [-0.2, 0) is 0 Å². The molecular formula is C21H24N4O. The number of para-hydroxylation sites is 1. The fraction of sp³-hybridized carbons (Fsp3) is 0.333. The first-order valence-electron chi connectivity index (χ1n) is 8.97. The maximum atomic E-state index is 10.1. The van der Waals surface area contributed by atoms with Crippen molar-refractivity contribution in [3.8, 4) is 5.75 Å². The average molecular weight is 348 g/mol. The predicted octanol–water partition coefficient (Wildman–Crippen LogP) is 2.86. The Hall–Kier alpha value is -2.66. The van der Waals surface area contributed by atoms with E-state index in [-0.39, 0.29) is 5.75 Å². The van der Waals surface area contributed by atoms with E-state index in [2.05, 4.69) is 46.2 Å². The lowest BCUT2D eigenvalue weighted by molar-refractivity contribution is -0.0149. The Morgan fingerprint density at radius 3 is 2.69 bits per heavy atom. The highest BCUT2D eigenvalue weighted by molar-refractivity contribution is 6.11. The predicted molar refractivity (Wildman–Crippen MR) is 106 cm³/mol. The SMILES string of the molecule is C=N/N=C(\C=C1\C=C(C)C(N2CC3(CNC3)C2)=CC1)c1ccccc1O. The lowest BCUT2D eigenvalue weighted by Crippen LogP contribution is -2.70. The minimum Gasteiger partial charge on any atom is -0.507 e. The fourth-order valence-corrected chi connectivity index (χ4v) is 4.00. The van der Waals surface area contributed by atoms with Crippen LogP contribution in [0.15, 0.2) is 69.5 Å². The molecule has 0 aromatic heterocycles. The molecule has 2 fully saturated rings. The molecule has 5 heteroatoms. The summed E-state index contributed by atoms with van der Waals surface area (Å²) in [5.41, 5.74) is 5.58. The molecule has 0 unspecified atom stereocenters. The van der Waals surface area contributed by atoms with Gasteiger partial charge in [0, 0.05) is 49.6 Å². The third-order valence-electron chi connectivity index (χ3n) is 5.41. The number of likely N-dealkylation sites (tertiary alicyclic amines) is 1. The standard InChI is InChI=1S/C21H24N4O/c1-15-9-16(7-8-19(15)25-13-21(14-25)11-23-12-21)10-18(24-22-2)17-5-3-4-6-20(17)26/h3-6,8-10,23,26H,2,7,11-14H2,1H3/b16-10+,24-18+. The highest BCUT2D eigenvalue weighted by atomic mass is 16.3. The van der Waals surface area contributed by atoms with Crippen LogP contribution in [0.25, 0.3) is 0 Å². The Kier molecular flexibility index (Phi) is 4.24. The number of aromatic hydroxyl groups is 1. The first-order chi connectivity index (χ1) is 12.6. The van der Waals surface area contributed by atoms with Crippen LogP contribution < -0.4 is 5.32 Å². The molecule has 0 radical (unpaired) electrons. The molecule has 3 aliphatic rings. The number of rotatable bonds is 4. The van der Waals surface area contributed by atoms with Crippen LogP contribution in [0.4, 0.5) is 0 Å². The molecule has 2 N–H and O–H groups in total. The van der Waals surface area contributed by atoms with Crippen molar-refractivity contribution in [1.82, 2.24) is 10.2 Å². The molecule has 134 valence electrons. The van der Waals surface area contributed by atoms with Gasteiger partial charge in [-0.3, -0.25) is 0 Å². The summed E-state index contributed by atoms with van der Waals surface area (Å²) in [7, 11) is 0. The Bertz CT molecular complexity index is 851. The van der Waals surface area contributed by atoms with Crippen molar-refractivity contribution in [3.05, 3.63) is 64.9 Å². The van der Waals surface area contributed by atoms with Gasteiger partial charge in [-0.1, -0.05) is 24.3 Å². The van der Waals surface area contributed by atoms with Gasteiger partial charge in [-0.15, -0.1) is 0 Å². The Balaban J connectivity index is 1.52. The maximum absolute atomic E-state index is 10.1. The van der Waals surface area contributed by atoms with Gasteiger partial charge in [0.25, 0.3) is 0 Å². The van der Waals surface area contributed by atoms with Crippen LogP contribution in [0.1, 0.15) is 18.9 Å². The molecule has 2 heterocycles. The normalized spacial score (nSPS) is 23.2. The van der Waals surface area contributed by atoms with Gasteiger partial charge in [0.2, 0.25) is 0 Å². The molecule has 0 bridgehead atoms. The van der Waals surface area contributed by atoms with Gasteiger partial charge in [0.1, 0.15) is 5.75 Å². The highest BCUT2D eigenvalue weighted by Crippen LogP contribution is 2.39. The molecule has 1 aromatic rings. The molecule has 2 saturated heterocycles. The minimum atomic E-state index is 0.194. The lowest BCUT2D eigenvalue weighted by Gasteiger charge is -2.58. The van der Waals surface area contributed by atoms with Crippen molar-refractivity contribution >= 4 is 12.4 Å². The molecule has 1 aliphatic carbocycles. The smallest absolute Gasteiger partial charge is 0.125 e. The second-order valence-corrected chi connectivity index (χ2v) is 7.44. The summed E-state index contributed by atoms with van der Waals surface area (Å²) in [5.74, 6) is 0.194. The van der Waals surface area contributed by atoms with Gasteiger partial charge < -0.3 is 15.3 Å². The largest absolute Gasteiger partial charge is 0.507 e. The summed E-state index contributed by atoms with van der Waals surface area (Å²) in [6.45, 7) is 10.2. The Labute approximate surface area is 154 Å². The number of allylic oxidation sites excluding steroid dienone is 5. The summed E-state index contributed by atoms with van der Waals surface area (Å²) < 4.78 is 0. The number of nitrogens with one attached hydrogen (secondary N) is 1. The number of nitrogens with zero attached hydrogens (tertiary/aromatic N) is 3. The lowest BCUT2D eigenvalue weighted by atomic mass is 9.73. The van der Waals surface area contributed by atoms with Crippen molar-refractivity contribution in [2.24, 2.45) is 15.6 Å². The minimum absolute atomic E-state index is 0.194. The van der Waals surface area contributed by atoms with Gasteiger partial charge in [0.15, 0.2) is 0 Å². The van der Waals surface area contributed by atoms with E-state index in [4.69, 9.17) is 0 Å². The number of phenols is 1. The molecule has 1 aromatic carbocycles. The average Bonchev–Trinajstić information content (AvgIpc) is 2.54. The quantitative estimate of drug-likeness (QED) is 0.650. The van der Waals surface area contributed by atoms with Crippen LogP contribution in [0.2, 0.25) is 0 Å². The van der Waals surface area contributed by atoms with E-state index in [0.717, 1.165) is 38.2 Å². The summed E-state index contributed by atoms with van der Waals surface area (Å²) >= 11 is 0. The van der Waals surface area contributed by atoms with E-state index in [1.165, 1.54) is 11.3 Å². The molecule has 0 saturated carbocycles. The zero-order valence-electron chi connectivity index (χ0n) is 15.1. The molecule has 0 amide bonds. The third kappa shape index (κ3) is 2.99.